The van der Waals surface area contributed by atoms with E-state index in [4.69, 9.17) is 9.84 Å². The quantitative estimate of drug-likeness (QED) is 0.364. The van der Waals surface area contributed by atoms with Crippen LogP contribution in [0.2, 0.25) is 0 Å². The van der Waals surface area contributed by atoms with Crippen molar-refractivity contribution in [1.29, 1.82) is 0 Å². The second-order valence-corrected chi connectivity index (χ2v) is 7.74. The smallest absolute Gasteiger partial charge is 0.323 e. The van der Waals surface area contributed by atoms with Gasteiger partial charge in [-0.2, -0.15) is 0 Å². The van der Waals surface area contributed by atoms with Crippen molar-refractivity contribution in [3.8, 4) is 5.75 Å². The van der Waals surface area contributed by atoms with Crippen LogP contribution in [0.25, 0.3) is 0 Å². The van der Waals surface area contributed by atoms with E-state index in [0.717, 1.165) is 16.7 Å². The fraction of sp³-hybridized carbons (Fsp3) is 0.192. The number of para-hydroxylation sites is 1. The van der Waals surface area contributed by atoms with Crippen LogP contribution < -0.4 is 20.7 Å². The van der Waals surface area contributed by atoms with E-state index in [9.17, 15) is 14.4 Å². The molecule has 0 saturated heterocycles. The fourth-order valence-corrected chi connectivity index (χ4v) is 3.33. The molecule has 0 aliphatic heterocycles. The van der Waals surface area contributed by atoms with Crippen molar-refractivity contribution in [1.82, 2.24) is 0 Å². The summed E-state index contributed by atoms with van der Waals surface area (Å²) < 4.78 is 5.40. The predicted molar refractivity (Wildman–Crippen MR) is 132 cm³/mol. The van der Waals surface area contributed by atoms with Crippen LogP contribution >= 0.6 is 0 Å². The average molecular weight is 462 g/mol. The van der Waals surface area contributed by atoms with E-state index in [1.807, 2.05) is 31.2 Å². The van der Waals surface area contributed by atoms with Crippen LogP contribution in [0.3, 0.4) is 0 Å². The largest absolute Gasteiger partial charge is 0.495 e. The van der Waals surface area contributed by atoms with Crippen LogP contribution in [0.1, 0.15) is 23.1 Å². The van der Waals surface area contributed by atoms with E-state index in [1.165, 1.54) is 7.11 Å². The summed E-state index contributed by atoms with van der Waals surface area (Å²) in [5.74, 6) is -0.618. The third-order valence-electron chi connectivity index (χ3n) is 5.14. The summed E-state index contributed by atoms with van der Waals surface area (Å²) in [5, 5.41) is 17.2. The first kappa shape index (κ1) is 24.3. The zero-order valence-electron chi connectivity index (χ0n) is 19.1. The number of hydrogen-bond donors (Lipinski definition) is 4. The molecule has 0 aliphatic carbocycles. The van der Waals surface area contributed by atoms with Gasteiger partial charge in [-0.05, 0) is 60.4 Å². The number of aliphatic carboxylic acids is 1. The van der Waals surface area contributed by atoms with E-state index in [1.54, 1.807) is 42.5 Å². The highest BCUT2D eigenvalue weighted by Crippen LogP contribution is 2.26. The number of benzene rings is 3. The van der Waals surface area contributed by atoms with Gasteiger partial charge < -0.3 is 25.8 Å². The van der Waals surface area contributed by atoms with E-state index in [2.05, 4.69) is 16.0 Å². The molecule has 3 aromatic carbocycles. The van der Waals surface area contributed by atoms with Crippen molar-refractivity contribution in [2.24, 2.45) is 0 Å². The number of aryl methyl sites for hydroxylation is 2. The Morgan fingerprint density at radius 1 is 0.853 bits per heavy atom. The van der Waals surface area contributed by atoms with Gasteiger partial charge in [0.1, 0.15) is 5.75 Å². The Kier molecular flexibility index (Phi) is 8.23. The number of carboxylic acids is 1. The molecule has 0 atom stereocenters. The van der Waals surface area contributed by atoms with Gasteiger partial charge in [0.2, 0.25) is 5.91 Å². The van der Waals surface area contributed by atoms with Crippen molar-refractivity contribution < 1.29 is 24.2 Å². The maximum Gasteiger partial charge on any atom is 0.323 e. The van der Waals surface area contributed by atoms with Crippen LogP contribution in [-0.2, 0) is 22.4 Å². The summed E-state index contributed by atoms with van der Waals surface area (Å²) in [6, 6.07) is 19.3. The van der Waals surface area contributed by atoms with Crippen LogP contribution in [0, 0.1) is 6.92 Å². The highest BCUT2D eigenvalue weighted by atomic mass is 16.5. The average Bonchev–Trinajstić information content (AvgIpc) is 2.81. The number of rotatable bonds is 9. The van der Waals surface area contributed by atoms with Gasteiger partial charge in [0, 0.05) is 17.8 Å². The molecule has 34 heavy (non-hydrogen) atoms. The molecule has 0 saturated carbocycles. The molecule has 8 nitrogen and oxygen atoms in total. The lowest BCUT2D eigenvalue weighted by Crippen LogP contribution is -2.20. The summed E-state index contributed by atoms with van der Waals surface area (Å²) >= 11 is 0. The van der Waals surface area contributed by atoms with Crippen LogP contribution in [0.15, 0.2) is 66.7 Å². The molecule has 0 fully saturated rings. The minimum absolute atomic E-state index is 0.0615. The van der Waals surface area contributed by atoms with Gasteiger partial charge >= 0.3 is 12.0 Å². The second-order valence-electron chi connectivity index (χ2n) is 7.74. The van der Waals surface area contributed by atoms with Gasteiger partial charge in [-0.3, -0.25) is 9.59 Å². The number of amides is 3. The van der Waals surface area contributed by atoms with Crippen LogP contribution in [0.4, 0.5) is 21.9 Å². The minimum atomic E-state index is -0.846. The summed E-state index contributed by atoms with van der Waals surface area (Å²) in [5.41, 5.74) is 4.37. The van der Waals surface area contributed by atoms with Gasteiger partial charge in [-0.1, -0.05) is 36.4 Å². The molecule has 0 radical (unpaired) electrons. The number of hydrogen-bond acceptors (Lipinski definition) is 4. The van der Waals surface area contributed by atoms with E-state index in [0.29, 0.717) is 29.2 Å². The summed E-state index contributed by atoms with van der Waals surface area (Å²) in [6.45, 7) is 1.91. The molecular formula is C26H27N3O5. The molecule has 0 spiro atoms. The number of ether oxygens (including phenoxy) is 1. The minimum Gasteiger partial charge on any atom is -0.495 e. The Bertz CT molecular complexity index is 1180. The van der Waals surface area contributed by atoms with Gasteiger partial charge in [0.05, 0.1) is 19.2 Å². The van der Waals surface area contributed by atoms with Gasteiger partial charge in [0.25, 0.3) is 0 Å². The van der Waals surface area contributed by atoms with Gasteiger partial charge in [-0.15, -0.1) is 0 Å². The fourth-order valence-electron chi connectivity index (χ4n) is 3.33. The molecule has 4 N–H and O–H groups in total. The summed E-state index contributed by atoms with van der Waals surface area (Å²) in [6.07, 6.45) is 0.617. The molecule has 0 heterocycles. The van der Waals surface area contributed by atoms with Gasteiger partial charge in [-0.25, -0.2) is 4.79 Å². The summed E-state index contributed by atoms with van der Waals surface area (Å²) in [4.78, 5) is 35.5. The lowest BCUT2D eigenvalue weighted by molar-refractivity contribution is -0.137. The van der Waals surface area contributed by atoms with E-state index >= 15 is 0 Å². The standard InChI is InChI=1S/C26H27N3O5/c1-17-5-3-4-6-21(17)28-26(33)29-22-13-9-19(15-23(22)34-2)16-24(30)27-20-11-7-18(8-12-20)10-14-25(31)32/h3-9,11-13,15H,10,14,16H2,1-2H3,(H,27,30)(H,31,32)(H2,28,29,33). The zero-order chi connectivity index (χ0) is 24.5. The number of carbonyl (C=O) groups excluding carboxylic acids is 2. The molecule has 3 rings (SSSR count). The molecular weight excluding hydrogens is 434 g/mol. The number of urea groups is 1. The number of nitrogens with one attached hydrogen (secondary N) is 3. The SMILES string of the molecule is COc1cc(CC(=O)Nc2ccc(CCC(=O)O)cc2)ccc1NC(=O)Nc1ccccc1C. The maximum absolute atomic E-state index is 12.5. The van der Waals surface area contributed by atoms with E-state index < -0.39 is 12.0 Å². The lowest BCUT2D eigenvalue weighted by atomic mass is 10.1. The lowest BCUT2D eigenvalue weighted by Gasteiger charge is -2.14. The number of anilines is 3. The van der Waals surface area contributed by atoms with Crippen molar-refractivity contribution in [2.45, 2.75) is 26.2 Å². The Hall–Kier alpha value is -4.33. The van der Waals surface area contributed by atoms with Crippen molar-refractivity contribution in [3.63, 3.8) is 0 Å². The van der Waals surface area contributed by atoms with Crippen LogP contribution in [-0.4, -0.2) is 30.1 Å². The monoisotopic (exact) mass is 461 g/mol. The molecule has 3 amide bonds. The third-order valence-corrected chi connectivity index (χ3v) is 5.14. The second kappa shape index (κ2) is 11.5. The summed E-state index contributed by atoms with van der Waals surface area (Å²) in [7, 11) is 1.50. The van der Waals surface area contributed by atoms with E-state index in [-0.39, 0.29) is 18.7 Å². The molecule has 0 bridgehead atoms. The highest BCUT2D eigenvalue weighted by Gasteiger charge is 2.12. The topological polar surface area (TPSA) is 117 Å². The number of carboxylic acid groups (broad SMARTS) is 1. The first-order chi connectivity index (χ1) is 16.3. The molecule has 176 valence electrons. The van der Waals surface area contributed by atoms with Crippen LogP contribution in [0.5, 0.6) is 5.75 Å². The van der Waals surface area contributed by atoms with Crippen molar-refractivity contribution >= 4 is 35.0 Å². The van der Waals surface area contributed by atoms with Gasteiger partial charge in [0.15, 0.2) is 0 Å². The first-order valence-corrected chi connectivity index (χ1v) is 10.7. The normalized spacial score (nSPS) is 10.3. The molecule has 8 heteroatoms. The van der Waals surface area contributed by atoms with Crippen molar-refractivity contribution in [3.05, 3.63) is 83.4 Å². The molecule has 3 aromatic rings. The third kappa shape index (κ3) is 7.09. The Morgan fingerprint density at radius 2 is 1.53 bits per heavy atom. The Balaban J connectivity index is 1.58. The highest BCUT2D eigenvalue weighted by molar-refractivity contribution is 6.01. The zero-order valence-corrected chi connectivity index (χ0v) is 19.1. The molecule has 0 unspecified atom stereocenters. The molecule has 0 aliphatic rings. The number of carbonyl (C=O) groups is 3. The first-order valence-electron chi connectivity index (χ1n) is 10.7. The maximum atomic E-state index is 12.5. The Morgan fingerprint density at radius 3 is 2.21 bits per heavy atom. The molecule has 0 aromatic heterocycles. The van der Waals surface area contributed by atoms with Crippen molar-refractivity contribution in [2.75, 3.05) is 23.1 Å². The Labute approximate surface area is 198 Å². The number of methoxy groups -OCH3 is 1. The predicted octanol–water partition coefficient (Wildman–Crippen LogP) is 4.85.